The van der Waals surface area contributed by atoms with E-state index in [1.807, 2.05) is 0 Å². The lowest BCUT2D eigenvalue weighted by atomic mass is 10.0. The van der Waals surface area contributed by atoms with Crippen molar-refractivity contribution in [3.8, 4) is 0 Å². The fourth-order valence-corrected chi connectivity index (χ4v) is 3.58. The van der Waals surface area contributed by atoms with Crippen LogP contribution in [0.4, 0.5) is 0 Å². The molecule has 1 aliphatic heterocycles. The van der Waals surface area contributed by atoms with Gasteiger partial charge in [-0.2, -0.15) is 0 Å². The summed E-state index contributed by atoms with van der Waals surface area (Å²) >= 11 is 0. The summed E-state index contributed by atoms with van der Waals surface area (Å²) in [5, 5.41) is 28.6. The standard InChI is InChI=1S/C20H40O4/c1-2-3-4-5-6-7-8-9-10-11-12-13-14-15-17-19(22)20(23)18(16-21)24-17/h17-23H,2-16H2,1H3/t17-,18-,19+,20+/m0/s1. The first-order valence-electron chi connectivity index (χ1n) is 10.3. The Morgan fingerprint density at radius 1 is 0.625 bits per heavy atom. The molecule has 0 amide bonds. The molecule has 1 rings (SSSR count). The van der Waals surface area contributed by atoms with Gasteiger partial charge < -0.3 is 20.1 Å². The zero-order chi connectivity index (χ0) is 17.6. The fraction of sp³-hybridized carbons (Fsp3) is 1.00. The second-order valence-electron chi connectivity index (χ2n) is 7.41. The van der Waals surface area contributed by atoms with Gasteiger partial charge in [0, 0.05) is 0 Å². The topological polar surface area (TPSA) is 69.9 Å². The third-order valence-electron chi connectivity index (χ3n) is 5.23. The monoisotopic (exact) mass is 344 g/mol. The fourth-order valence-electron chi connectivity index (χ4n) is 3.58. The average molecular weight is 345 g/mol. The van der Waals surface area contributed by atoms with Gasteiger partial charge in [-0.15, -0.1) is 0 Å². The number of ether oxygens (including phenoxy) is 1. The van der Waals surface area contributed by atoms with Crippen LogP contribution >= 0.6 is 0 Å². The van der Waals surface area contributed by atoms with E-state index in [9.17, 15) is 10.2 Å². The molecule has 1 saturated heterocycles. The summed E-state index contributed by atoms with van der Waals surface area (Å²) in [7, 11) is 0. The van der Waals surface area contributed by atoms with Crippen LogP contribution in [-0.4, -0.2) is 46.3 Å². The predicted molar refractivity (Wildman–Crippen MR) is 98.1 cm³/mol. The van der Waals surface area contributed by atoms with Crippen LogP contribution in [0.5, 0.6) is 0 Å². The highest BCUT2D eigenvalue weighted by molar-refractivity contribution is 4.90. The molecule has 0 aliphatic carbocycles. The molecule has 0 spiro atoms. The molecule has 0 aromatic carbocycles. The van der Waals surface area contributed by atoms with E-state index in [0.29, 0.717) is 0 Å². The molecule has 0 unspecified atom stereocenters. The molecule has 0 aromatic heterocycles. The Kier molecular flexibility index (Phi) is 12.8. The van der Waals surface area contributed by atoms with Crippen LogP contribution < -0.4 is 0 Å². The second kappa shape index (κ2) is 14.1. The molecule has 144 valence electrons. The van der Waals surface area contributed by atoms with E-state index in [0.717, 1.165) is 19.3 Å². The minimum absolute atomic E-state index is 0.229. The van der Waals surface area contributed by atoms with Gasteiger partial charge in [0.05, 0.1) is 12.7 Å². The SMILES string of the molecule is CCCCCCCCCCCCCCC[C@@H]1O[C@@H](CO)[C@@H](O)[C@@H]1O. The van der Waals surface area contributed by atoms with Crippen molar-refractivity contribution in [2.45, 2.75) is 121 Å². The van der Waals surface area contributed by atoms with E-state index in [2.05, 4.69) is 6.92 Å². The van der Waals surface area contributed by atoms with Crippen molar-refractivity contribution < 1.29 is 20.1 Å². The van der Waals surface area contributed by atoms with Gasteiger partial charge in [-0.05, 0) is 6.42 Å². The van der Waals surface area contributed by atoms with Gasteiger partial charge in [0.2, 0.25) is 0 Å². The molecule has 1 fully saturated rings. The smallest absolute Gasteiger partial charge is 0.111 e. The van der Waals surface area contributed by atoms with Crippen molar-refractivity contribution in [1.82, 2.24) is 0 Å². The van der Waals surface area contributed by atoms with Crippen LogP contribution in [0.15, 0.2) is 0 Å². The molecular formula is C20H40O4. The molecule has 0 aromatic rings. The number of hydrogen-bond donors (Lipinski definition) is 3. The van der Waals surface area contributed by atoms with Gasteiger partial charge in [-0.25, -0.2) is 0 Å². The van der Waals surface area contributed by atoms with Crippen molar-refractivity contribution in [3.05, 3.63) is 0 Å². The predicted octanol–water partition coefficient (Wildman–Crippen LogP) is 3.95. The minimum atomic E-state index is -0.943. The molecule has 1 aliphatic rings. The molecule has 24 heavy (non-hydrogen) atoms. The summed E-state index contributed by atoms with van der Waals surface area (Å²) in [4.78, 5) is 0. The van der Waals surface area contributed by atoms with Crippen molar-refractivity contribution in [3.63, 3.8) is 0 Å². The summed E-state index contributed by atoms with van der Waals surface area (Å²) in [6, 6.07) is 0. The van der Waals surface area contributed by atoms with Crippen LogP contribution in [0, 0.1) is 0 Å². The summed E-state index contributed by atoms with van der Waals surface area (Å²) in [6.45, 7) is 2.03. The molecule has 0 radical (unpaired) electrons. The Labute approximate surface area is 148 Å². The number of unbranched alkanes of at least 4 members (excludes halogenated alkanes) is 12. The van der Waals surface area contributed by atoms with Gasteiger partial charge in [-0.1, -0.05) is 90.4 Å². The molecular weight excluding hydrogens is 304 g/mol. The highest BCUT2D eigenvalue weighted by atomic mass is 16.6. The third kappa shape index (κ3) is 8.80. The van der Waals surface area contributed by atoms with Crippen molar-refractivity contribution in [2.75, 3.05) is 6.61 Å². The summed E-state index contributed by atoms with van der Waals surface area (Å²) in [5.74, 6) is 0. The van der Waals surface area contributed by atoms with Crippen molar-refractivity contribution in [2.24, 2.45) is 0 Å². The van der Waals surface area contributed by atoms with Crippen LogP contribution in [0.25, 0.3) is 0 Å². The molecule has 0 saturated carbocycles. The molecule has 1 heterocycles. The molecule has 3 N–H and O–H groups in total. The normalized spacial score (nSPS) is 27.0. The maximum Gasteiger partial charge on any atom is 0.111 e. The maximum absolute atomic E-state index is 9.86. The summed E-state index contributed by atoms with van der Waals surface area (Å²) in [6.07, 6.45) is 15.2. The van der Waals surface area contributed by atoms with Crippen molar-refractivity contribution in [1.29, 1.82) is 0 Å². The molecule has 0 bridgehead atoms. The van der Waals surface area contributed by atoms with Crippen LogP contribution in [0.2, 0.25) is 0 Å². The van der Waals surface area contributed by atoms with E-state index in [-0.39, 0.29) is 12.7 Å². The van der Waals surface area contributed by atoms with E-state index in [1.165, 1.54) is 70.6 Å². The van der Waals surface area contributed by atoms with Gasteiger partial charge in [-0.3, -0.25) is 0 Å². The lowest BCUT2D eigenvalue weighted by Crippen LogP contribution is -2.33. The largest absolute Gasteiger partial charge is 0.394 e. The minimum Gasteiger partial charge on any atom is -0.394 e. The summed E-state index contributed by atoms with van der Waals surface area (Å²) < 4.78 is 5.49. The highest BCUT2D eigenvalue weighted by Crippen LogP contribution is 2.25. The third-order valence-corrected chi connectivity index (χ3v) is 5.23. The molecule has 4 nitrogen and oxygen atoms in total. The lowest BCUT2D eigenvalue weighted by Gasteiger charge is -2.14. The Balaban J connectivity index is 1.84. The van der Waals surface area contributed by atoms with Gasteiger partial charge >= 0.3 is 0 Å². The Bertz CT molecular complexity index is 285. The van der Waals surface area contributed by atoms with Crippen LogP contribution in [0.3, 0.4) is 0 Å². The quantitative estimate of drug-likeness (QED) is 0.393. The van der Waals surface area contributed by atoms with Gasteiger partial charge in [0.25, 0.3) is 0 Å². The Morgan fingerprint density at radius 3 is 1.46 bits per heavy atom. The van der Waals surface area contributed by atoms with E-state index < -0.39 is 18.3 Å². The van der Waals surface area contributed by atoms with Gasteiger partial charge in [0.15, 0.2) is 0 Å². The first kappa shape index (κ1) is 21.9. The van der Waals surface area contributed by atoms with Crippen LogP contribution in [-0.2, 0) is 4.74 Å². The first-order valence-corrected chi connectivity index (χ1v) is 10.3. The summed E-state index contributed by atoms with van der Waals surface area (Å²) in [5.41, 5.74) is 0. The van der Waals surface area contributed by atoms with E-state index in [1.54, 1.807) is 0 Å². The number of rotatable bonds is 15. The lowest BCUT2D eigenvalue weighted by molar-refractivity contribution is -0.0246. The Morgan fingerprint density at radius 2 is 1.04 bits per heavy atom. The average Bonchev–Trinajstić information content (AvgIpc) is 2.86. The van der Waals surface area contributed by atoms with Gasteiger partial charge in [0.1, 0.15) is 18.3 Å². The van der Waals surface area contributed by atoms with Crippen LogP contribution in [0.1, 0.15) is 96.8 Å². The molecule has 4 heteroatoms. The maximum atomic E-state index is 9.86. The highest BCUT2D eigenvalue weighted by Gasteiger charge is 2.41. The zero-order valence-corrected chi connectivity index (χ0v) is 15.7. The van der Waals surface area contributed by atoms with E-state index in [4.69, 9.17) is 9.84 Å². The molecule has 4 atom stereocenters. The zero-order valence-electron chi connectivity index (χ0n) is 15.7. The number of aliphatic hydroxyl groups excluding tert-OH is 3. The first-order chi connectivity index (χ1) is 11.7. The number of aliphatic hydroxyl groups is 3. The van der Waals surface area contributed by atoms with Crippen molar-refractivity contribution >= 4 is 0 Å². The Hall–Kier alpha value is -0.160. The number of hydrogen-bond acceptors (Lipinski definition) is 4. The van der Waals surface area contributed by atoms with E-state index >= 15 is 0 Å². The second-order valence-corrected chi connectivity index (χ2v) is 7.41.